The Morgan fingerprint density at radius 1 is 1.12 bits per heavy atom. The second kappa shape index (κ2) is 6.83. The second-order valence-electron chi connectivity index (χ2n) is 5.62. The largest absolute Gasteiger partial charge is 0.291 e. The SMILES string of the molecule is Cc1ccc(C(=O)[C@@H](C#N)C(=O)c2cc(C)n(-c3ccccc3)n2)s1. The summed E-state index contributed by atoms with van der Waals surface area (Å²) in [5.74, 6) is -2.43. The van der Waals surface area contributed by atoms with Crippen LogP contribution >= 0.6 is 11.3 Å². The van der Waals surface area contributed by atoms with Gasteiger partial charge in [-0.05, 0) is 44.2 Å². The van der Waals surface area contributed by atoms with Gasteiger partial charge >= 0.3 is 0 Å². The van der Waals surface area contributed by atoms with Crippen LogP contribution in [0, 0.1) is 31.1 Å². The molecule has 0 unspecified atom stereocenters. The van der Waals surface area contributed by atoms with Gasteiger partial charge in [0, 0.05) is 10.6 Å². The number of Topliss-reactive ketones (excluding diaryl/α,β-unsaturated/α-hetero) is 2. The number of carbonyl (C=O) groups is 2. The molecule has 0 amide bonds. The molecule has 2 heterocycles. The number of aryl methyl sites for hydroxylation is 2. The molecule has 5 nitrogen and oxygen atoms in total. The van der Waals surface area contributed by atoms with Gasteiger partial charge in [-0.25, -0.2) is 4.68 Å². The molecule has 0 aliphatic carbocycles. The van der Waals surface area contributed by atoms with Crippen molar-refractivity contribution < 1.29 is 9.59 Å². The van der Waals surface area contributed by atoms with Crippen LogP contribution in [0.5, 0.6) is 0 Å². The van der Waals surface area contributed by atoms with Gasteiger partial charge in [0.1, 0.15) is 5.69 Å². The minimum absolute atomic E-state index is 0.120. The molecule has 0 radical (unpaired) electrons. The second-order valence-corrected chi connectivity index (χ2v) is 6.91. The number of ketones is 2. The van der Waals surface area contributed by atoms with Gasteiger partial charge in [0.15, 0.2) is 11.7 Å². The van der Waals surface area contributed by atoms with Crippen LogP contribution in [-0.4, -0.2) is 21.3 Å². The van der Waals surface area contributed by atoms with E-state index in [9.17, 15) is 14.9 Å². The van der Waals surface area contributed by atoms with Gasteiger partial charge in [0.2, 0.25) is 5.78 Å². The minimum Gasteiger partial charge on any atom is -0.291 e. The number of rotatable bonds is 5. The van der Waals surface area contributed by atoms with Gasteiger partial charge in [-0.15, -0.1) is 11.3 Å². The van der Waals surface area contributed by atoms with Gasteiger partial charge in [0.05, 0.1) is 16.6 Å². The molecule has 0 fully saturated rings. The van der Waals surface area contributed by atoms with Crippen molar-refractivity contribution in [3.05, 3.63) is 69.7 Å². The van der Waals surface area contributed by atoms with Gasteiger partial charge in [-0.2, -0.15) is 10.4 Å². The van der Waals surface area contributed by atoms with Crippen LogP contribution in [0.15, 0.2) is 48.5 Å². The molecule has 6 heteroatoms. The van der Waals surface area contributed by atoms with E-state index in [1.54, 1.807) is 22.9 Å². The normalized spacial score (nSPS) is 11.7. The van der Waals surface area contributed by atoms with Gasteiger partial charge < -0.3 is 0 Å². The molecule has 1 aromatic carbocycles. The zero-order chi connectivity index (χ0) is 18.0. The molecule has 124 valence electrons. The van der Waals surface area contributed by atoms with Crippen molar-refractivity contribution in [1.82, 2.24) is 9.78 Å². The summed E-state index contributed by atoms with van der Waals surface area (Å²) in [5, 5.41) is 13.7. The van der Waals surface area contributed by atoms with Gasteiger partial charge in [0.25, 0.3) is 0 Å². The summed E-state index contributed by atoms with van der Waals surface area (Å²) in [4.78, 5) is 26.5. The van der Waals surface area contributed by atoms with Gasteiger partial charge in [-0.3, -0.25) is 9.59 Å². The Hall–Kier alpha value is -3.04. The fourth-order valence-electron chi connectivity index (χ4n) is 2.52. The Morgan fingerprint density at radius 2 is 1.84 bits per heavy atom. The fraction of sp³-hybridized carbons (Fsp3) is 0.158. The van der Waals surface area contributed by atoms with E-state index in [1.807, 2.05) is 50.2 Å². The lowest BCUT2D eigenvalue weighted by atomic mass is 9.97. The number of para-hydroxylation sites is 1. The van der Waals surface area contributed by atoms with Crippen molar-refractivity contribution in [3.8, 4) is 11.8 Å². The molecular formula is C19H15N3O2S. The quantitative estimate of drug-likeness (QED) is 0.519. The smallest absolute Gasteiger partial charge is 0.208 e. The maximum Gasteiger partial charge on any atom is 0.208 e. The summed E-state index contributed by atoms with van der Waals surface area (Å²) in [7, 11) is 0. The van der Waals surface area contributed by atoms with E-state index in [0.29, 0.717) is 4.88 Å². The monoisotopic (exact) mass is 349 g/mol. The Bertz CT molecular complexity index is 980. The maximum absolute atomic E-state index is 12.7. The summed E-state index contributed by atoms with van der Waals surface area (Å²) in [6, 6.07) is 16.3. The van der Waals surface area contributed by atoms with Crippen molar-refractivity contribution in [2.24, 2.45) is 5.92 Å². The molecule has 3 rings (SSSR count). The van der Waals surface area contributed by atoms with Crippen molar-refractivity contribution in [2.75, 3.05) is 0 Å². The third-order valence-corrected chi connectivity index (χ3v) is 4.79. The molecule has 3 aromatic rings. The first kappa shape index (κ1) is 16.8. The van der Waals surface area contributed by atoms with Crippen LogP contribution in [0.2, 0.25) is 0 Å². The molecule has 0 aliphatic heterocycles. The summed E-state index contributed by atoms with van der Waals surface area (Å²) >= 11 is 1.28. The fourth-order valence-corrected chi connectivity index (χ4v) is 3.36. The highest BCUT2D eigenvalue weighted by molar-refractivity contribution is 7.14. The maximum atomic E-state index is 12.7. The average molecular weight is 349 g/mol. The van der Waals surface area contributed by atoms with E-state index in [0.717, 1.165) is 16.3 Å². The highest BCUT2D eigenvalue weighted by Gasteiger charge is 2.31. The van der Waals surface area contributed by atoms with E-state index in [-0.39, 0.29) is 5.69 Å². The topological polar surface area (TPSA) is 75.8 Å². The number of hydrogen-bond donors (Lipinski definition) is 0. The number of hydrogen-bond acceptors (Lipinski definition) is 5. The van der Waals surface area contributed by atoms with Crippen LogP contribution in [0.3, 0.4) is 0 Å². The molecule has 0 saturated heterocycles. The first-order chi connectivity index (χ1) is 12.0. The standard InChI is InChI=1S/C19H15N3O2S/c1-12-10-16(21-22(12)14-6-4-3-5-7-14)18(23)15(11-20)19(24)17-9-8-13(2)25-17/h3-10,15H,1-2H3/t15-/m0/s1. The molecular weight excluding hydrogens is 334 g/mol. The highest BCUT2D eigenvalue weighted by Crippen LogP contribution is 2.22. The van der Waals surface area contributed by atoms with E-state index in [1.165, 1.54) is 11.3 Å². The highest BCUT2D eigenvalue weighted by atomic mass is 32.1. The predicted octanol–water partition coefficient (Wildman–Crippen LogP) is 3.76. The Morgan fingerprint density at radius 3 is 2.44 bits per heavy atom. The van der Waals surface area contributed by atoms with Crippen molar-refractivity contribution >= 4 is 22.9 Å². The first-order valence-electron chi connectivity index (χ1n) is 7.68. The zero-order valence-corrected chi connectivity index (χ0v) is 14.6. The summed E-state index contributed by atoms with van der Waals surface area (Å²) in [6.45, 7) is 3.69. The lowest BCUT2D eigenvalue weighted by Gasteiger charge is -2.04. The third kappa shape index (κ3) is 3.28. The minimum atomic E-state index is -1.38. The van der Waals surface area contributed by atoms with Crippen LogP contribution in [0.1, 0.15) is 30.7 Å². The van der Waals surface area contributed by atoms with E-state index >= 15 is 0 Å². The van der Waals surface area contributed by atoms with E-state index < -0.39 is 17.5 Å². The predicted molar refractivity (Wildman–Crippen MR) is 95.1 cm³/mol. The number of thiophene rings is 1. The average Bonchev–Trinajstić information content (AvgIpc) is 3.22. The number of nitrogens with zero attached hydrogens (tertiary/aromatic N) is 3. The Labute approximate surface area is 149 Å². The third-order valence-electron chi connectivity index (χ3n) is 3.78. The number of aromatic nitrogens is 2. The lowest BCUT2D eigenvalue weighted by molar-refractivity contribution is 0.0845. The molecule has 0 N–H and O–H groups in total. The molecule has 0 saturated carbocycles. The zero-order valence-electron chi connectivity index (χ0n) is 13.8. The van der Waals surface area contributed by atoms with Crippen molar-refractivity contribution in [2.45, 2.75) is 13.8 Å². The number of carbonyl (C=O) groups excluding carboxylic acids is 2. The first-order valence-corrected chi connectivity index (χ1v) is 8.49. The van der Waals surface area contributed by atoms with E-state index in [2.05, 4.69) is 5.10 Å². The van der Waals surface area contributed by atoms with Crippen LogP contribution in [0.4, 0.5) is 0 Å². The number of benzene rings is 1. The van der Waals surface area contributed by atoms with Crippen molar-refractivity contribution in [1.29, 1.82) is 5.26 Å². The van der Waals surface area contributed by atoms with Gasteiger partial charge in [-0.1, -0.05) is 18.2 Å². The van der Waals surface area contributed by atoms with Crippen molar-refractivity contribution in [3.63, 3.8) is 0 Å². The molecule has 0 spiro atoms. The summed E-state index contributed by atoms with van der Waals surface area (Å²) in [5.41, 5.74) is 1.69. The molecule has 25 heavy (non-hydrogen) atoms. The van der Waals surface area contributed by atoms with Crippen LogP contribution in [0.25, 0.3) is 5.69 Å². The molecule has 0 bridgehead atoms. The molecule has 2 aromatic heterocycles. The lowest BCUT2D eigenvalue weighted by Crippen LogP contribution is -2.23. The van der Waals surface area contributed by atoms with Crippen LogP contribution in [-0.2, 0) is 0 Å². The number of nitriles is 1. The Balaban J connectivity index is 1.92. The van der Waals surface area contributed by atoms with E-state index in [4.69, 9.17) is 0 Å². The molecule has 0 aliphatic rings. The van der Waals surface area contributed by atoms with Crippen LogP contribution < -0.4 is 0 Å². The molecule has 1 atom stereocenters. The summed E-state index contributed by atoms with van der Waals surface area (Å²) < 4.78 is 1.63. The Kier molecular flexibility index (Phi) is 4.59. The summed E-state index contributed by atoms with van der Waals surface area (Å²) in [6.07, 6.45) is 0.